The van der Waals surface area contributed by atoms with Gasteiger partial charge in [0.15, 0.2) is 0 Å². The van der Waals surface area contributed by atoms with Crippen LogP contribution in [0.4, 0.5) is 0 Å². The molecule has 0 radical (unpaired) electrons. The smallest absolute Gasteiger partial charge is 0.358 e. The minimum absolute atomic E-state index is 0. The molecule has 3 heteroatoms. The van der Waals surface area contributed by atoms with E-state index in [1.807, 2.05) is 30.3 Å². The quantitative estimate of drug-likeness (QED) is 0.109. The maximum atomic E-state index is 2.62. The Hall–Kier alpha value is -1.48. The number of rotatable bonds is 7. The molecule has 2 fully saturated rings. The molecule has 0 saturated heterocycles. The first-order chi connectivity index (χ1) is 18.8. The van der Waals surface area contributed by atoms with Gasteiger partial charge in [-0.15, -0.1) is 13.2 Å². The molecular formula is C38H50FeP2-2. The molecule has 0 unspecified atom stereocenters. The van der Waals surface area contributed by atoms with Gasteiger partial charge in [0.05, 0.1) is 0 Å². The van der Waals surface area contributed by atoms with Crippen LogP contribution in [0.2, 0.25) is 0 Å². The van der Waals surface area contributed by atoms with Crippen LogP contribution in [0.5, 0.6) is 0 Å². The van der Waals surface area contributed by atoms with Crippen molar-refractivity contribution < 1.29 is 17.1 Å². The molecule has 0 aliphatic heterocycles. The van der Waals surface area contributed by atoms with Gasteiger partial charge in [-0.05, 0) is 55.5 Å². The normalized spacial score (nSPS) is 16.5. The Morgan fingerprint density at radius 2 is 1.07 bits per heavy atom. The minimum atomic E-state index is -0.511. The van der Waals surface area contributed by atoms with E-state index < -0.39 is 7.92 Å². The zero-order valence-corrected chi connectivity index (χ0v) is 28.3. The molecule has 2 saturated carbocycles. The summed E-state index contributed by atoms with van der Waals surface area (Å²) in [5.41, 5.74) is 4.38. The number of hydrogen-bond acceptors (Lipinski definition) is 0. The molecule has 0 N–H and O–H groups in total. The van der Waals surface area contributed by atoms with E-state index >= 15 is 0 Å². The molecule has 222 valence electrons. The van der Waals surface area contributed by atoms with Crippen molar-refractivity contribution in [2.75, 3.05) is 0 Å². The van der Waals surface area contributed by atoms with Gasteiger partial charge in [-0.3, -0.25) is 0 Å². The third kappa shape index (κ3) is 9.50. The molecule has 2 aliphatic rings. The van der Waals surface area contributed by atoms with E-state index in [9.17, 15) is 0 Å². The Morgan fingerprint density at radius 3 is 1.49 bits per heavy atom. The van der Waals surface area contributed by atoms with Crippen LogP contribution in [-0.4, -0.2) is 11.3 Å². The number of benzene rings is 2. The molecule has 0 aromatic heterocycles. The number of hydrogen-bond donors (Lipinski definition) is 0. The average Bonchev–Trinajstić information content (AvgIpc) is 3.72. The summed E-state index contributed by atoms with van der Waals surface area (Å²) in [4.78, 5) is 0. The molecule has 4 aromatic carbocycles. The van der Waals surface area contributed by atoms with Crippen molar-refractivity contribution in [3.05, 3.63) is 130 Å². The second-order valence-electron chi connectivity index (χ2n) is 11.0. The third-order valence-corrected chi connectivity index (χ3v) is 15.0. The van der Waals surface area contributed by atoms with Crippen molar-refractivity contribution in [3.8, 4) is 0 Å². The summed E-state index contributed by atoms with van der Waals surface area (Å²) in [6.45, 7) is 2.62. The average molecular weight is 625 g/mol. The van der Waals surface area contributed by atoms with Crippen LogP contribution in [0.3, 0.4) is 0 Å². The van der Waals surface area contributed by atoms with E-state index in [1.54, 1.807) is 10.9 Å². The summed E-state index contributed by atoms with van der Waals surface area (Å²) in [6, 6.07) is 39.9. The molecule has 6 rings (SSSR count). The van der Waals surface area contributed by atoms with E-state index in [-0.39, 0.29) is 39.8 Å². The van der Waals surface area contributed by atoms with E-state index in [0.717, 1.165) is 11.3 Å². The molecule has 0 bridgehead atoms. The predicted octanol–water partition coefficient (Wildman–Crippen LogP) is 10.7. The maximum absolute atomic E-state index is 2.62. The summed E-state index contributed by atoms with van der Waals surface area (Å²) < 4.78 is 0. The maximum Gasteiger partial charge on any atom is 2.00 e. The van der Waals surface area contributed by atoms with Crippen LogP contribution < -0.4 is 15.9 Å². The summed E-state index contributed by atoms with van der Waals surface area (Å²) in [5.74, 6) is 0. The third-order valence-electron chi connectivity index (χ3n) is 8.54. The first-order valence-corrected chi connectivity index (χ1v) is 17.8. The molecule has 1 atom stereocenters. The van der Waals surface area contributed by atoms with Gasteiger partial charge < -0.3 is 14.9 Å². The molecule has 4 aromatic rings. The summed E-state index contributed by atoms with van der Waals surface area (Å²) in [6.07, 6.45) is 14.8. The molecule has 0 nitrogen and oxygen atoms in total. The van der Waals surface area contributed by atoms with Crippen LogP contribution in [0.15, 0.2) is 109 Å². The molecule has 0 heterocycles. The fourth-order valence-electron chi connectivity index (χ4n) is 6.73. The molecule has 2 aliphatic carbocycles. The Bertz CT molecular complexity index is 1080. The van der Waals surface area contributed by atoms with Crippen molar-refractivity contribution >= 4 is 31.8 Å². The fraction of sp³-hybridized carbons (Fsp3) is 0.368. The van der Waals surface area contributed by atoms with Gasteiger partial charge >= 0.3 is 17.1 Å². The monoisotopic (exact) mass is 624 g/mol. The largest absolute Gasteiger partial charge is 2.00 e. The Kier molecular flexibility index (Phi) is 16.5. The molecule has 0 spiro atoms. The SMILES string of the molecule is C[C@@H](c1cc[cH-]c1P(c1ccccc1)c1ccccc1)P(C1CCCCC1)C1CCCCC1.[CH3-].[CH3-].[Fe+2].c1cc[cH-]c1. The van der Waals surface area contributed by atoms with Crippen LogP contribution in [0, 0.1) is 14.9 Å². The van der Waals surface area contributed by atoms with Crippen molar-refractivity contribution in [2.24, 2.45) is 0 Å². The first-order valence-electron chi connectivity index (χ1n) is 14.9. The second-order valence-corrected chi connectivity index (χ2v) is 16.4. The van der Waals surface area contributed by atoms with E-state index in [4.69, 9.17) is 0 Å². The second kappa shape index (κ2) is 18.9. The molecule has 0 amide bonds. The van der Waals surface area contributed by atoms with Gasteiger partial charge in [0.2, 0.25) is 0 Å². The first kappa shape index (κ1) is 35.7. The fourth-order valence-corrected chi connectivity index (χ4v) is 13.7. The zero-order chi connectivity index (χ0) is 26.0. The molecule has 41 heavy (non-hydrogen) atoms. The van der Waals surface area contributed by atoms with Crippen LogP contribution in [-0.2, 0) is 17.1 Å². The van der Waals surface area contributed by atoms with Gasteiger partial charge in [-0.25, -0.2) is 18.2 Å². The predicted molar refractivity (Wildman–Crippen MR) is 185 cm³/mol. The Morgan fingerprint density at radius 1 is 0.610 bits per heavy atom. The van der Waals surface area contributed by atoms with Crippen LogP contribution in [0.25, 0.3) is 0 Å². The Labute approximate surface area is 265 Å². The zero-order valence-electron chi connectivity index (χ0n) is 25.4. The topological polar surface area (TPSA) is 0 Å². The van der Waals surface area contributed by atoms with E-state index in [2.05, 4.69) is 85.8 Å². The summed E-state index contributed by atoms with van der Waals surface area (Å²) >= 11 is 0. The van der Waals surface area contributed by atoms with Gasteiger partial charge in [-0.1, -0.05) is 112 Å². The van der Waals surface area contributed by atoms with E-state index in [1.165, 1.54) is 74.8 Å². The van der Waals surface area contributed by atoms with E-state index in [0.29, 0.717) is 5.66 Å². The van der Waals surface area contributed by atoms with Gasteiger partial charge in [0.25, 0.3) is 0 Å². The summed E-state index contributed by atoms with van der Waals surface area (Å²) in [5, 5.41) is 4.59. The van der Waals surface area contributed by atoms with Crippen LogP contribution in [0.1, 0.15) is 82.4 Å². The standard InChI is InChI=1S/C31H39P2.C5H5.2CH3.Fe/c1-25(32(26-15-6-2-7-16-26)27-17-8-3-9-18-27)30-23-14-24-31(30)33(28-19-10-4-11-20-28)29-21-12-5-13-22-29;1-2-4-5-3-1;;;/h4-5,10-14,19-27H,2-3,6-9,15-18H2,1H3;1-5H;2*1H3;/q4*-1;+2/t25-;;;;/m0..../s1. The van der Waals surface area contributed by atoms with Crippen molar-refractivity contribution in [3.63, 3.8) is 0 Å². The molecular weight excluding hydrogens is 574 g/mol. The van der Waals surface area contributed by atoms with Crippen molar-refractivity contribution in [2.45, 2.75) is 88.1 Å². The van der Waals surface area contributed by atoms with Crippen LogP contribution >= 0.6 is 15.8 Å². The van der Waals surface area contributed by atoms with Crippen molar-refractivity contribution in [1.29, 1.82) is 0 Å². The summed E-state index contributed by atoms with van der Waals surface area (Å²) in [7, 11) is -0.489. The van der Waals surface area contributed by atoms with Gasteiger partial charge in [-0.2, -0.15) is 35.9 Å². The van der Waals surface area contributed by atoms with Gasteiger partial charge in [0, 0.05) is 0 Å². The van der Waals surface area contributed by atoms with Gasteiger partial charge in [0.1, 0.15) is 0 Å². The Balaban J connectivity index is 0.000000667. The minimum Gasteiger partial charge on any atom is -0.358 e. The van der Waals surface area contributed by atoms with Crippen molar-refractivity contribution in [1.82, 2.24) is 0 Å².